The van der Waals surface area contributed by atoms with Gasteiger partial charge in [0.15, 0.2) is 0 Å². The van der Waals surface area contributed by atoms with Gasteiger partial charge in [-0.1, -0.05) is 0 Å². The third-order valence-corrected chi connectivity index (χ3v) is 3.98. The van der Waals surface area contributed by atoms with Crippen LogP contribution in [0.5, 0.6) is 11.5 Å². The lowest BCUT2D eigenvalue weighted by Gasteiger charge is -2.11. The molecule has 0 amide bonds. The molecule has 0 spiro atoms. The Morgan fingerprint density at radius 1 is 1.00 bits per heavy atom. The van der Waals surface area contributed by atoms with Crippen molar-refractivity contribution in [3.05, 3.63) is 48.0 Å². The first-order chi connectivity index (χ1) is 11.6. The molecule has 0 aliphatic carbocycles. The smallest absolute Gasteiger partial charge is 0.336 e. The number of aromatic nitrogens is 2. The van der Waals surface area contributed by atoms with Crippen molar-refractivity contribution >= 4 is 38.8 Å². The van der Waals surface area contributed by atoms with Gasteiger partial charge < -0.3 is 14.9 Å². The number of aromatic hydroxyl groups is 1. The fraction of sp³-hybridized carbons (Fsp3) is 0.0556. The Labute approximate surface area is 136 Å². The van der Waals surface area contributed by atoms with Crippen molar-refractivity contribution in [1.29, 1.82) is 0 Å². The van der Waals surface area contributed by atoms with Crippen LogP contribution < -0.4 is 4.74 Å². The number of phenols is 1. The number of methoxy groups -OCH3 is 1. The minimum atomic E-state index is -1.05. The summed E-state index contributed by atoms with van der Waals surface area (Å²) >= 11 is 0. The van der Waals surface area contributed by atoms with E-state index >= 15 is 0 Å². The molecule has 6 nitrogen and oxygen atoms in total. The molecular formula is C18H12N2O4. The first kappa shape index (κ1) is 14.2. The lowest BCUT2D eigenvalue weighted by Crippen LogP contribution is -2.00. The highest BCUT2D eigenvalue weighted by molar-refractivity contribution is 6.16. The summed E-state index contributed by atoms with van der Waals surface area (Å²) in [6.07, 6.45) is 0. The number of hydrogen-bond donors (Lipinski definition) is 2. The lowest BCUT2D eigenvalue weighted by molar-refractivity contribution is 0.0699. The molecule has 0 radical (unpaired) electrons. The van der Waals surface area contributed by atoms with E-state index in [1.54, 1.807) is 24.3 Å². The molecule has 0 saturated carbocycles. The molecule has 6 heteroatoms. The zero-order valence-corrected chi connectivity index (χ0v) is 12.6. The van der Waals surface area contributed by atoms with Gasteiger partial charge in [-0.25, -0.2) is 14.8 Å². The molecule has 4 rings (SSSR count). The van der Waals surface area contributed by atoms with Gasteiger partial charge in [0.25, 0.3) is 0 Å². The largest absolute Gasteiger partial charge is 0.508 e. The second kappa shape index (κ2) is 5.06. The van der Waals surface area contributed by atoms with Crippen LogP contribution in [-0.2, 0) is 0 Å². The van der Waals surface area contributed by atoms with Gasteiger partial charge in [-0.15, -0.1) is 0 Å². The van der Waals surface area contributed by atoms with E-state index in [1.165, 1.54) is 25.3 Å². The van der Waals surface area contributed by atoms with Crippen LogP contribution in [0.25, 0.3) is 32.8 Å². The summed E-state index contributed by atoms with van der Waals surface area (Å²) in [7, 11) is 1.53. The van der Waals surface area contributed by atoms with Gasteiger partial charge in [-0.2, -0.15) is 0 Å². The molecule has 0 aliphatic rings. The Bertz CT molecular complexity index is 1140. The fourth-order valence-electron chi connectivity index (χ4n) is 2.90. The maximum Gasteiger partial charge on any atom is 0.336 e. The van der Waals surface area contributed by atoms with Gasteiger partial charge >= 0.3 is 5.97 Å². The van der Waals surface area contributed by atoms with Crippen LogP contribution in [0.2, 0.25) is 0 Å². The molecule has 0 atom stereocenters. The summed E-state index contributed by atoms with van der Waals surface area (Å²) < 4.78 is 5.34. The van der Waals surface area contributed by atoms with E-state index in [1.807, 2.05) is 0 Å². The second-order valence-electron chi connectivity index (χ2n) is 5.37. The van der Waals surface area contributed by atoms with Gasteiger partial charge in [0.05, 0.1) is 34.7 Å². The Hall–Kier alpha value is -3.41. The monoisotopic (exact) mass is 320 g/mol. The normalized spacial score (nSPS) is 11.2. The standard InChI is InChI=1S/C18H12N2O4/c1-24-15-7-4-11(18(22)23)16-10(15)3-6-13-17(16)20-14-8-9(21)2-5-12(14)19-13/h2-8,21H,1H3,(H,22,23). The van der Waals surface area contributed by atoms with Crippen LogP contribution in [0.15, 0.2) is 42.5 Å². The van der Waals surface area contributed by atoms with Crippen molar-refractivity contribution in [1.82, 2.24) is 9.97 Å². The number of benzene rings is 3. The molecule has 24 heavy (non-hydrogen) atoms. The molecule has 1 heterocycles. The number of rotatable bonds is 2. The van der Waals surface area contributed by atoms with E-state index in [0.717, 1.165) is 0 Å². The summed E-state index contributed by atoms with van der Waals surface area (Å²) in [5.41, 5.74) is 2.29. The number of carboxylic acid groups (broad SMARTS) is 1. The molecule has 3 aromatic carbocycles. The summed E-state index contributed by atoms with van der Waals surface area (Å²) in [4.78, 5) is 20.7. The number of carbonyl (C=O) groups is 1. The summed E-state index contributed by atoms with van der Waals surface area (Å²) in [6, 6.07) is 11.4. The zero-order valence-electron chi connectivity index (χ0n) is 12.6. The van der Waals surface area contributed by atoms with Gasteiger partial charge in [-0.05, 0) is 36.4 Å². The van der Waals surface area contributed by atoms with Crippen LogP contribution >= 0.6 is 0 Å². The van der Waals surface area contributed by atoms with Crippen LogP contribution in [0.3, 0.4) is 0 Å². The van der Waals surface area contributed by atoms with Crippen LogP contribution in [0.4, 0.5) is 0 Å². The predicted molar refractivity (Wildman–Crippen MR) is 89.7 cm³/mol. The number of nitrogens with zero attached hydrogens (tertiary/aromatic N) is 2. The van der Waals surface area contributed by atoms with Crippen LogP contribution in [0.1, 0.15) is 10.4 Å². The van der Waals surface area contributed by atoms with E-state index in [2.05, 4.69) is 9.97 Å². The van der Waals surface area contributed by atoms with Gasteiger partial charge in [0.2, 0.25) is 0 Å². The Morgan fingerprint density at radius 2 is 1.79 bits per heavy atom. The fourth-order valence-corrected chi connectivity index (χ4v) is 2.90. The lowest BCUT2D eigenvalue weighted by atomic mass is 10.0. The summed E-state index contributed by atoms with van der Waals surface area (Å²) in [6.45, 7) is 0. The van der Waals surface area contributed by atoms with Crippen molar-refractivity contribution in [2.75, 3.05) is 7.11 Å². The third kappa shape index (κ3) is 2.00. The van der Waals surface area contributed by atoms with Crippen LogP contribution in [0, 0.1) is 0 Å². The number of carboxylic acids is 1. The van der Waals surface area contributed by atoms with Crippen LogP contribution in [-0.4, -0.2) is 33.3 Å². The summed E-state index contributed by atoms with van der Waals surface area (Å²) in [5.74, 6) is -0.407. The topological polar surface area (TPSA) is 92.5 Å². The Balaban J connectivity index is 2.24. The van der Waals surface area contributed by atoms with Gasteiger partial charge in [0.1, 0.15) is 11.5 Å². The molecular weight excluding hydrogens is 308 g/mol. The van der Waals surface area contributed by atoms with E-state index in [0.29, 0.717) is 38.6 Å². The van der Waals surface area contributed by atoms with Gasteiger partial charge in [0, 0.05) is 16.8 Å². The maximum absolute atomic E-state index is 11.6. The molecule has 0 aliphatic heterocycles. The molecule has 0 unspecified atom stereocenters. The molecule has 1 aromatic heterocycles. The highest BCUT2D eigenvalue weighted by Gasteiger charge is 2.16. The van der Waals surface area contributed by atoms with E-state index in [9.17, 15) is 15.0 Å². The minimum absolute atomic E-state index is 0.0763. The van der Waals surface area contributed by atoms with Crippen molar-refractivity contribution < 1.29 is 19.7 Å². The first-order valence-corrected chi connectivity index (χ1v) is 7.22. The average molecular weight is 320 g/mol. The molecule has 0 fully saturated rings. The average Bonchev–Trinajstić information content (AvgIpc) is 2.58. The quantitative estimate of drug-likeness (QED) is 0.434. The highest BCUT2D eigenvalue weighted by atomic mass is 16.5. The second-order valence-corrected chi connectivity index (χ2v) is 5.37. The van der Waals surface area contributed by atoms with E-state index in [4.69, 9.17) is 4.74 Å². The SMILES string of the molecule is COc1ccc(C(=O)O)c2c1ccc1nc3ccc(O)cc3nc12. The first-order valence-electron chi connectivity index (χ1n) is 7.22. The number of ether oxygens (including phenoxy) is 1. The maximum atomic E-state index is 11.6. The van der Waals surface area contributed by atoms with E-state index in [-0.39, 0.29) is 11.3 Å². The molecule has 0 bridgehead atoms. The van der Waals surface area contributed by atoms with Gasteiger partial charge in [-0.3, -0.25) is 0 Å². The van der Waals surface area contributed by atoms with Crippen molar-refractivity contribution in [3.63, 3.8) is 0 Å². The molecule has 4 aromatic rings. The third-order valence-electron chi connectivity index (χ3n) is 3.98. The number of phenolic OH excluding ortho intramolecular Hbond substituents is 1. The van der Waals surface area contributed by atoms with Crippen molar-refractivity contribution in [2.45, 2.75) is 0 Å². The minimum Gasteiger partial charge on any atom is -0.508 e. The number of fused-ring (bicyclic) bond motifs is 4. The predicted octanol–water partition coefficient (Wildman–Crippen LogP) is 3.35. The van der Waals surface area contributed by atoms with E-state index < -0.39 is 5.97 Å². The number of hydrogen-bond acceptors (Lipinski definition) is 5. The Morgan fingerprint density at radius 3 is 2.54 bits per heavy atom. The molecule has 118 valence electrons. The molecule has 0 saturated heterocycles. The zero-order chi connectivity index (χ0) is 16.8. The molecule has 2 N–H and O–H groups in total. The van der Waals surface area contributed by atoms with Crippen molar-refractivity contribution in [3.8, 4) is 11.5 Å². The summed E-state index contributed by atoms with van der Waals surface area (Å²) in [5, 5.41) is 20.3. The van der Waals surface area contributed by atoms with Crippen molar-refractivity contribution in [2.24, 2.45) is 0 Å². The highest BCUT2D eigenvalue weighted by Crippen LogP contribution is 2.34. The Kier molecular flexibility index (Phi) is 2.99. The number of aromatic carboxylic acids is 1.